The molecule has 0 amide bonds. The second-order valence-electron chi connectivity index (χ2n) is 6.37. The second kappa shape index (κ2) is 6.84. The van der Waals surface area contributed by atoms with Gasteiger partial charge in [0.2, 0.25) is 6.54 Å². The first-order valence-corrected chi connectivity index (χ1v) is 9.58. The number of nitrogens with zero attached hydrogens (tertiary/aromatic N) is 2. The smallest absolute Gasteiger partial charge is 0.260 e. The highest BCUT2D eigenvalue weighted by Gasteiger charge is 2.16. The van der Waals surface area contributed by atoms with E-state index >= 15 is 0 Å². The van der Waals surface area contributed by atoms with Gasteiger partial charge in [-0.05, 0) is 18.1 Å². The molecule has 0 saturated carbocycles. The highest BCUT2D eigenvalue weighted by molar-refractivity contribution is 7.17. The molecule has 4 nitrogen and oxygen atoms in total. The van der Waals surface area contributed by atoms with E-state index in [-0.39, 0.29) is 5.56 Å². The molecule has 3 heterocycles. The number of rotatable bonds is 4. The second-order valence-corrected chi connectivity index (χ2v) is 7.23. The highest BCUT2D eigenvalue weighted by Crippen LogP contribution is 2.30. The Balaban J connectivity index is 1.77. The number of nitrogens with one attached hydrogen (secondary N) is 1. The number of fused-ring (bicyclic) bond motifs is 1. The Bertz CT molecular complexity index is 1130. The van der Waals surface area contributed by atoms with Crippen LogP contribution in [0.15, 0.2) is 58.8 Å². The normalized spacial score (nSPS) is 11.2. The number of aryl methyl sites for hydroxylation is 2. The van der Waals surface area contributed by atoms with Gasteiger partial charge >= 0.3 is 0 Å². The molecule has 1 aromatic carbocycles. The summed E-state index contributed by atoms with van der Waals surface area (Å²) in [5.74, 6) is 0.685. The average Bonchev–Trinajstić information content (AvgIpc) is 3.09. The minimum Gasteiger partial charge on any atom is -0.305 e. The van der Waals surface area contributed by atoms with E-state index in [2.05, 4.69) is 41.7 Å². The van der Waals surface area contributed by atoms with Crippen molar-refractivity contribution in [3.8, 4) is 11.1 Å². The van der Waals surface area contributed by atoms with Crippen LogP contribution >= 0.6 is 11.3 Å². The van der Waals surface area contributed by atoms with Crippen LogP contribution in [0.2, 0.25) is 0 Å². The molecular weight excluding hydrogens is 342 g/mol. The number of benzene rings is 1. The van der Waals surface area contributed by atoms with Crippen LogP contribution in [-0.4, -0.2) is 9.97 Å². The van der Waals surface area contributed by atoms with E-state index in [0.717, 1.165) is 28.1 Å². The summed E-state index contributed by atoms with van der Waals surface area (Å²) in [6.07, 6.45) is 3.11. The van der Waals surface area contributed by atoms with Gasteiger partial charge in [0.1, 0.15) is 4.83 Å². The quantitative estimate of drug-likeness (QED) is 0.561. The monoisotopic (exact) mass is 362 g/mol. The van der Waals surface area contributed by atoms with Gasteiger partial charge < -0.3 is 4.98 Å². The van der Waals surface area contributed by atoms with Crippen LogP contribution in [0.1, 0.15) is 24.0 Å². The van der Waals surface area contributed by atoms with Gasteiger partial charge in [-0.15, -0.1) is 11.3 Å². The Morgan fingerprint density at radius 2 is 1.96 bits per heavy atom. The molecule has 0 fully saturated rings. The van der Waals surface area contributed by atoms with Crippen LogP contribution in [0.4, 0.5) is 0 Å². The summed E-state index contributed by atoms with van der Waals surface area (Å²) in [7, 11) is 0. The van der Waals surface area contributed by atoms with Crippen LogP contribution in [0.25, 0.3) is 21.3 Å². The Hall–Kier alpha value is -2.79. The van der Waals surface area contributed by atoms with Gasteiger partial charge in [-0.25, -0.2) is 4.98 Å². The van der Waals surface area contributed by atoms with Gasteiger partial charge in [-0.2, -0.15) is 4.57 Å². The van der Waals surface area contributed by atoms with E-state index in [4.69, 9.17) is 4.98 Å². The summed E-state index contributed by atoms with van der Waals surface area (Å²) in [4.78, 5) is 21.2. The molecule has 5 heteroatoms. The van der Waals surface area contributed by atoms with Gasteiger partial charge in [-0.1, -0.05) is 37.3 Å². The van der Waals surface area contributed by atoms with Crippen molar-refractivity contribution in [3.05, 3.63) is 81.5 Å². The SMILES string of the molecule is CCc1ccc(C)[n+](Cc2nc3scc(-c4ccccc4)c3c(=O)[nH]2)c1. The first kappa shape index (κ1) is 16.7. The first-order chi connectivity index (χ1) is 12.7. The fraction of sp³-hybridized carbons (Fsp3) is 0.190. The van der Waals surface area contributed by atoms with Crippen LogP contribution in [0.5, 0.6) is 0 Å². The van der Waals surface area contributed by atoms with Gasteiger partial charge in [0.05, 0.1) is 5.39 Å². The summed E-state index contributed by atoms with van der Waals surface area (Å²) in [5.41, 5.74) is 4.32. The van der Waals surface area contributed by atoms with Crippen molar-refractivity contribution >= 4 is 21.6 Å². The summed E-state index contributed by atoms with van der Waals surface area (Å²) >= 11 is 1.52. The molecule has 1 N–H and O–H groups in total. The Morgan fingerprint density at radius 1 is 1.15 bits per heavy atom. The molecule has 0 saturated heterocycles. The van der Waals surface area contributed by atoms with E-state index in [9.17, 15) is 4.79 Å². The lowest BCUT2D eigenvalue weighted by Crippen LogP contribution is -2.39. The third kappa shape index (κ3) is 3.06. The third-order valence-corrected chi connectivity index (χ3v) is 5.49. The molecule has 0 atom stereocenters. The number of pyridine rings is 1. The molecule has 4 rings (SSSR count). The fourth-order valence-electron chi connectivity index (χ4n) is 3.11. The zero-order valence-electron chi connectivity index (χ0n) is 14.8. The van der Waals surface area contributed by atoms with Crippen LogP contribution in [0.3, 0.4) is 0 Å². The van der Waals surface area contributed by atoms with E-state index in [1.165, 1.54) is 16.9 Å². The molecule has 0 bridgehead atoms. The van der Waals surface area contributed by atoms with E-state index < -0.39 is 0 Å². The predicted octanol–water partition coefficient (Wildman–Crippen LogP) is 3.86. The third-order valence-electron chi connectivity index (χ3n) is 4.62. The number of aromatic amines is 1. The molecule has 0 aliphatic heterocycles. The van der Waals surface area contributed by atoms with Crippen molar-refractivity contribution in [2.45, 2.75) is 26.8 Å². The predicted molar refractivity (Wildman–Crippen MR) is 106 cm³/mol. The Morgan fingerprint density at radius 3 is 2.73 bits per heavy atom. The molecule has 130 valence electrons. The minimum absolute atomic E-state index is 0.0741. The summed E-state index contributed by atoms with van der Waals surface area (Å²) in [6.45, 7) is 4.76. The van der Waals surface area contributed by atoms with Crippen molar-refractivity contribution in [1.29, 1.82) is 0 Å². The summed E-state index contributed by atoms with van der Waals surface area (Å²) in [5, 5.41) is 2.69. The fourth-order valence-corrected chi connectivity index (χ4v) is 4.07. The number of aromatic nitrogens is 3. The van der Waals surface area contributed by atoms with Gasteiger partial charge in [0.15, 0.2) is 17.7 Å². The zero-order valence-corrected chi connectivity index (χ0v) is 15.6. The maximum Gasteiger partial charge on any atom is 0.260 e. The van der Waals surface area contributed by atoms with Crippen molar-refractivity contribution in [2.24, 2.45) is 0 Å². The zero-order chi connectivity index (χ0) is 18.1. The van der Waals surface area contributed by atoms with Crippen molar-refractivity contribution < 1.29 is 4.57 Å². The molecule has 26 heavy (non-hydrogen) atoms. The average molecular weight is 362 g/mol. The standard InChI is InChI=1S/C21H19N3OS/c1-3-15-10-9-14(2)24(11-15)12-18-22-20(25)19-17(13-26-21(19)23-18)16-7-5-4-6-8-16/h4-11,13H,3,12H2,1-2H3/p+1. The van der Waals surface area contributed by atoms with Crippen LogP contribution < -0.4 is 10.1 Å². The molecule has 0 aliphatic rings. The maximum atomic E-state index is 12.8. The summed E-state index contributed by atoms with van der Waals surface area (Å²) in [6, 6.07) is 14.2. The lowest BCUT2D eigenvalue weighted by Gasteiger charge is -2.03. The Kier molecular flexibility index (Phi) is 4.39. The summed E-state index contributed by atoms with van der Waals surface area (Å²) < 4.78 is 2.13. The van der Waals surface area contributed by atoms with Crippen molar-refractivity contribution in [2.75, 3.05) is 0 Å². The number of hydrogen-bond donors (Lipinski definition) is 1. The highest BCUT2D eigenvalue weighted by atomic mass is 32.1. The van der Waals surface area contributed by atoms with Gasteiger partial charge in [0.25, 0.3) is 5.56 Å². The largest absolute Gasteiger partial charge is 0.305 e. The van der Waals surface area contributed by atoms with Crippen LogP contribution in [0, 0.1) is 6.92 Å². The van der Waals surface area contributed by atoms with Crippen molar-refractivity contribution in [1.82, 2.24) is 9.97 Å². The van der Waals surface area contributed by atoms with E-state index in [1.54, 1.807) is 0 Å². The maximum absolute atomic E-state index is 12.8. The van der Waals surface area contributed by atoms with E-state index in [0.29, 0.717) is 17.8 Å². The molecule has 0 spiro atoms. The van der Waals surface area contributed by atoms with E-state index in [1.807, 2.05) is 35.7 Å². The van der Waals surface area contributed by atoms with Gasteiger partial charge in [0, 0.05) is 29.5 Å². The molecule has 4 aromatic rings. The molecule has 0 aliphatic carbocycles. The van der Waals surface area contributed by atoms with Crippen LogP contribution in [-0.2, 0) is 13.0 Å². The Labute approximate surface area is 155 Å². The number of H-pyrrole nitrogens is 1. The molecule has 0 radical (unpaired) electrons. The molecule has 0 unspecified atom stereocenters. The molecule has 3 aromatic heterocycles. The lowest BCUT2D eigenvalue weighted by molar-refractivity contribution is -0.695. The number of thiophene rings is 1. The number of hydrogen-bond acceptors (Lipinski definition) is 3. The lowest BCUT2D eigenvalue weighted by atomic mass is 10.1. The molecular formula is C21H20N3OS+. The van der Waals surface area contributed by atoms with Crippen molar-refractivity contribution in [3.63, 3.8) is 0 Å². The van der Waals surface area contributed by atoms with Gasteiger partial charge in [-0.3, -0.25) is 4.79 Å². The first-order valence-electron chi connectivity index (χ1n) is 8.70. The minimum atomic E-state index is -0.0741. The topological polar surface area (TPSA) is 49.6 Å².